The summed E-state index contributed by atoms with van der Waals surface area (Å²) in [6.07, 6.45) is -5.04. The summed E-state index contributed by atoms with van der Waals surface area (Å²) in [5, 5.41) is 4.98. The molecule has 1 saturated carbocycles. The lowest BCUT2D eigenvalue weighted by molar-refractivity contribution is -0.142. The van der Waals surface area contributed by atoms with Gasteiger partial charge >= 0.3 is 6.18 Å². The topological polar surface area (TPSA) is 96.4 Å². The molecule has 0 radical (unpaired) electrons. The molecule has 1 saturated heterocycles. The van der Waals surface area contributed by atoms with Gasteiger partial charge in [0.05, 0.1) is 17.0 Å². The molecule has 244 valence electrons. The molecule has 0 unspecified atom stereocenters. The number of carbonyl (C=O) groups is 2. The number of hydrogen-bond donors (Lipinski definition) is 2. The van der Waals surface area contributed by atoms with Gasteiger partial charge in [0.2, 0.25) is 0 Å². The summed E-state index contributed by atoms with van der Waals surface area (Å²) in [7, 11) is -2.07. The van der Waals surface area contributed by atoms with Gasteiger partial charge in [-0.2, -0.15) is 13.2 Å². The molecule has 8 nitrogen and oxygen atoms in total. The van der Waals surface area contributed by atoms with Crippen LogP contribution in [0.15, 0.2) is 12.3 Å². The van der Waals surface area contributed by atoms with Crippen molar-refractivity contribution in [2.75, 3.05) is 11.9 Å². The number of nitrogens with zero attached hydrogens (tertiary/aromatic N) is 3. The van der Waals surface area contributed by atoms with E-state index in [2.05, 4.69) is 54.5 Å². The van der Waals surface area contributed by atoms with Crippen molar-refractivity contribution in [3.05, 3.63) is 28.5 Å². The Morgan fingerprint density at radius 2 is 1.91 bits per heavy atom. The van der Waals surface area contributed by atoms with Crippen LogP contribution in [0.4, 0.5) is 27.8 Å². The van der Waals surface area contributed by atoms with Gasteiger partial charge in [0.25, 0.3) is 18.2 Å². The van der Waals surface area contributed by atoms with Gasteiger partial charge in [0.15, 0.2) is 13.3 Å². The third-order valence-corrected chi connectivity index (χ3v) is 14.3. The Bertz CT molecular complexity index is 1380. The normalized spacial score (nSPS) is 21.5. The Kier molecular flexibility index (Phi) is 9.82. The zero-order valence-corrected chi connectivity index (χ0v) is 27.8. The minimum absolute atomic E-state index is 0.0119. The molecule has 3 heterocycles. The molecule has 44 heavy (non-hydrogen) atoms. The van der Waals surface area contributed by atoms with Crippen LogP contribution in [0.5, 0.6) is 0 Å². The Labute approximate surface area is 259 Å². The maximum atomic E-state index is 14.4. The first kappa shape index (κ1) is 34.2. The van der Waals surface area contributed by atoms with Crippen molar-refractivity contribution in [1.82, 2.24) is 20.2 Å². The number of pyridine rings is 1. The second-order valence-corrected chi connectivity index (χ2v) is 18.8. The Morgan fingerprint density at radius 3 is 2.45 bits per heavy atom. The zero-order valence-electron chi connectivity index (χ0n) is 25.9. The van der Waals surface area contributed by atoms with Gasteiger partial charge in [-0.1, -0.05) is 27.7 Å². The van der Waals surface area contributed by atoms with E-state index in [1.807, 2.05) is 6.92 Å². The number of alkyl halides is 5. The third kappa shape index (κ3) is 7.41. The number of aromatic nitrogens is 2. The maximum absolute atomic E-state index is 14.4. The summed E-state index contributed by atoms with van der Waals surface area (Å²) in [6, 6.07) is -1.48. The van der Waals surface area contributed by atoms with Gasteiger partial charge in [-0.05, 0) is 56.8 Å². The fourth-order valence-corrected chi connectivity index (χ4v) is 7.23. The lowest BCUT2D eigenvalue weighted by atomic mass is 10.1. The van der Waals surface area contributed by atoms with E-state index in [1.165, 1.54) is 6.92 Å². The molecule has 2 amide bonds. The number of anilines is 1. The molecule has 2 aliphatic rings. The molecular formula is C29H40F5N5O3SSi. The van der Waals surface area contributed by atoms with E-state index >= 15 is 0 Å². The predicted octanol–water partition coefficient (Wildman–Crippen LogP) is 7.41. The van der Waals surface area contributed by atoms with Crippen LogP contribution in [0.25, 0.3) is 10.4 Å². The van der Waals surface area contributed by atoms with Gasteiger partial charge in [-0.15, -0.1) is 11.3 Å². The third-order valence-electron chi connectivity index (χ3n) is 8.68. The van der Waals surface area contributed by atoms with Gasteiger partial charge in [-0.3, -0.25) is 9.59 Å². The van der Waals surface area contributed by atoms with E-state index in [-0.39, 0.29) is 56.6 Å². The number of likely N-dealkylation sites (tertiary alicyclic amines) is 1. The first-order valence-corrected chi connectivity index (χ1v) is 18.5. The van der Waals surface area contributed by atoms with Crippen molar-refractivity contribution >= 4 is 37.3 Å². The summed E-state index contributed by atoms with van der Waals surface area (Å²) in [5.41, 5.74) is -0.948. The fourth-order valence-electron chi connectivity index (χ4n) is 4.87. The summed E-state index contributed by atoms with van der Waals surface area (Å²) in [6.45, 7) is 14.2. The van der Waals surface area contributed by atoms with E-state index < -0.39 is 44.3 Å². The summed E-state index contributed by atoms with van der Waals surface area (Å²) < 4.78 is 75.1. The van der Waals surface area contributed by atoms with E-state index in [4.69, 9.17) is 4.43 Å². The van der Waals surface area contributed by atoms with Crippen LogP contribution < -0.4 is 10.6 Å². The van der Waals surface area contributed by atoms with Crippen LogP contribution in [0, 0.1) is 0 Å². The molecule has 2 N–H and O–H groups in total. The van der Waals surface area contributed by atoms with Crippen LogP contribution >= 0.6 is 11.3 Å². The molecule has 4 rings (SSSR count). The molecule has 1 aliphatic heterocycles. The summed E-state index contributed by atoms with van der Waals surface area (Å²) in [5.74, 6) is -1.44. The molecule has 0 spiro atoms. The first-order valence-electron chi connectivity index (χ1n) is 14.8. The van der Waals surface area contributed by atoms with Crippen molar-refractivity contribution in [3.8, 4) is 10.4 Å². The SMILES string of the molecule is CC[C@H](Nc1cc(C(F)F)c(-c2sc(C(=O)N[C@H]3C[C@@H]3O[Si](C)(C)C(C)(C)C)nc2C(=O)N2CCC[C@@H]2C)cn1)C(F)(F)F. The molecule has 2 aromatic heterocycles. The number of halogens is 5. The molecule has 0 bridgehead atoms. The maximum Gasteiger partial charge on any atom is 0.408 e. The van der Waals surface area contributed by atoms with E-state index in [0.717, 1.165) is 36.4 Å². The van der Waals surface area contributed by atoms with Gasteiger partial charge in [0, 0.05) is 29.9 Å². The minimum atomic E-state index is -4.61. The van der Waals surface area contributed by atoms with Crippen LogP contribution in [0.2, 0.25) is 18.1 Å². The second kappa shape index (κ2) is 12.6. The van der Waals surface area contributed by atoms with E-state index in [9.17, 15) is 31.5 Å². The smallest absolute Gasteiger partial charge is 0.408 e. The van der Waals surface area contributed by atoms with Crippen LogP contribution in [-0.4, -0.2) is 72.0 Å². The van der Waals surface area contributed by atoms with Crippen molar-refractivity contribution in [3.63, 3.8) is 0 Å². The highest BCUT2D eigenvalue weighted by molar-refractivity contribution is 7.17. The Hall–Kier alpha value is -2.65. The molecule has 0 aromatic carbocycles. The summed E-state index contributed by atoms with van der Waals surface area (Å²) in [4.78, 5) is 36.9. The molecule has 1 aliphatic carbocycles. The average molecular weight is 662 g/mol. The van der Waals surface area contributed by atoms with Crippen LogP contribution in [-0.2, 0) is 4.43 Å². The Balaban J connectivity index is 1.66. The minimum Gasteiger partial charge on any atom is -0.412 e. The molecule has 2 aromatic rings. The number of rotatable bonds is 10. The van der Waals surface area contributed by atoms with E-state index in [0.29, 0.717) is 13.0 Å². The monoisotopic (exact) mass is 661 g/mol. The van der Waals surface area contributed by atoms with Crippen molar-refractivity contribution in [2.24, 2.45) is 0 Å². The second-order valence-electron chi connectivity index (χ2n) is 13.0. The largest absolute Gasteiger partial charge is 0.412 e. The average Bonchev–Trinajstić information content (AvgIpc) is 3.28. The number of hydrogen-bond acceptors (Lipinski definition) is 7. The number of carbonyl (C=O) groups excluding carboxylic acids is 2. The molecular weight excluding hydrogens is 621 g/mol. The van der Waals surface area contributed by atoms with E-state index in [1.54, 1.807) is 4.90 Å². The number of amides is 2. The quantitative estimate of drug-likeness (QED) is 0.203. The number of thiazole rings is 1. The zero-order chi connectivity index (χ0) is 32.8. The van der Waals surface area contributed by atoms with Crippen molar-refractivity contribution in [2.45, 2.75) is 115 Å². The van der Waals surface area contributed by atoms with Crippen molar-refractivity contribution < 1.29 is 36.0 Å². The lowest BCUT2D eigenvalue weighted by Gasteiger charge is -2.36. The highest BCUT2D eigenvalue weighted by Crippen LogP contribution is 2.42. The highest BCUT2D eigenvalue weighted by Gasteiger charge is 2.48. The number of nitrogens with one attached hydrogen (secondary N) is 2. The van der Waals surface area contributed by atoms with Crippen LogP contribution in [0.1, 0.15) is 92.6 Å². The lowest BCUT2D eigenvalue weighted by Crippen LogP contribution is -2.42. The molecule has 15 heteroatoms. The predicted molar refractivity (Wildman–Crippen MR) is 162 cm³/mol. The van der Waals surface area contributed by atoms with Gasteiger partial charge in [0.1, 0.15) is 17.6 Å². The first-order chi connectivity index (χ1) is 20.3. The van der Waals surface area contributed by atoms with Gasteiger partial charge in [-0.25, -0.2) is 18.7 Å². The summed E-state index contributed by atoms with van der Waals surface area (Å²) >= 11 is 0.781. The molecule has 2 fully saturated rings. The standard InChI is InChI=1S/C29H40F5N5O3SSi/c1-8-20(29(32,33)34)37-21-12-16(24(30)31)17(14-35-21)23-22(27(41)39-11-9-10-15(39)2)38-26(43-23)25(40)36-18-13-19(18)42-44(6,7)28(3,4)5/h12,14-15,18-20,24H,8-11,13H2,1-7H3,(H,35,37)(H,36,40)/t15-,18-,19-,20-/m0/s1. The van der Waals surface area contributed by atoms with Crippen molar-refractivity contribution in [1.29, 1.82) is 0 Å². The van der Waals surface area contributed by atoms with Gasteiger partial charge < -0.3 is 20.0 Å². The Morgan fingerprint density at radius 1 is 1.23 bits per heavy atom. The fraction of sp³-hybridized carbons (Fsp3) is 0.655. The highest BCUT2D eigenvalue weighted by atomic mass is 32.1. The van der Waals surface area contributed by atoms with Crippen LogP contribution in [0.3, 0.4) is 0 Å². The molecule has 4 atom stereocenters.